The number of nitrogens with zero attached hydrogens (tertiary/aromatic N) is 2. The molecule has 1 fully saturated rings. The third-order valence-electron chi connectivity index (χ3n) is 4.18. The van der Waals surface area contributed by atoms with E-state index in [1.165, 1.54) is 0 Å². The van der Waals surface area contributed by atoms with Crippen molar-refractivity contribution in [2.75, 3.05) is 0 Å². The summed E-state index contributed by atoms with van der Waals surface area (Å²) in [5.41, 5.74) is 2.66. The lowest BCUT2D eigenvalue weighted by molar-refractivity contribution is -0.144. The number of rotatable bonds is 4. The second kappa shape index (κ2) is 6.28. The van der Waals surface area contributed by atoms with Crippen LogP contribution in [0.4, 0.5) is 4.79 Å². The Hall–Kier alpha value is -2.95. The van der Waals surface area contributed by atoms with E-state index in [2.05, 4.69) is 0 Å². The Bertz CT molecular complexity index is 801. The Morgan fingerprint density at radius 3 is 2.29 bits per heavy atom. The van der Waals surface area contributed by atoms with Gasteiger partial charge in [-0.2, -0.15) is 0 Å². The van der Waals surface area contributed by atoms with Crippen LogP contribution in [0.5, 0.6) is 0 Å². The Morgan fingerprint density at radius 2 is 1.62 bits per heavy atom. The molecule has 1 atom stereocenters. The summed E-state index contributed by atoms with van der Waals surface area (Å²) in [6.07, 6.45) is 0. The van der Waals surface area contributed by atoms with Crippen molar-refractivity contribution in [2.45, 2.75) is 26.4 Å². The van der Waals surface area contributed by atoms with E-state index in [-0.39, 0.29) is 6.54 Å². The van der Waals surface area contributed by atoms with E-state index in [4.69, 9.17) is 0 Å². The second-order valence-corrected chi connectivity index (χ2v) is 5.92. The molecule has 24 heavy (non-hydrogen) atoms. The van der Waals surface area contributed by atoms with Gasteiger partial charge in [0.1, 0.15) is 0 Å². The first-order chi connectivity index (χ1) is 11.5. The topological polar surface area (TPSA) is 57.7 Å². The molecule has 0 spiro atoms. The van der Waals surface area contributed by atoms with E-state index in [1.54, 1.807) is 6.92 Å². The van der Waals surface area contributed by atoms with E-state index >= 15 is 0 Å². The molecule has 5 nitrogen and oxygen atoms in total. The van der Waals surface area contributed by atoms with Crippen LogP contribution in [0, 0.1) is 6.92 Å². The Labute approximate surface area is 140 Å². The SMILES string of the molecule is Cc1cccc(CN2C(=O)C(=O)N(C(C)c3ccccc3)C2=O)c1. The zero-order valence-electron chi connectivity index (χ0n) is 13.6. The van der Waals surface area contributed by atoms with E-state index in [0.29, 0.717) is 0 Å². The number of benzene rings is 2. The summed E-state index contributed by atoms with van der Waals surface area (Å²) < 4.78 is 0. The first-order valence-corrected chi connectivity index (χ1v) is 7.78. The second-order valence-electron chi connectivity index (χ2n) is 5.92. The maximum absolute atomic E-state index is 12.6. The van der Waals surface area contributed by atoms with Gasteiger partial charge in [0, 0.05) is 0 Å². The third-order valence-corrected chi connectivity index (χ3v) is 4.18. The van der Waals surface area contributed by atoms with Crippen LogP contribution in [-0.4, -0.2) is 27.6 Å². The van der Waals surface area contributed by atoms with Crippen molar-refractivity contribution in [3.8, 4) is 0 Å². The van der Waals surface area contributed by atoms with E-state index in [1.807, 2.05) is 61.5 Å². The van der Waals surface area contributed by atoms with E-state index < -0.39 is 23.9 Å². The lowest BCUT2D eigenvalue weighted by Crippen LogP contribution is -2.35. The standard InChI is InChI=1S/C19H18N2O3/c1-13-7-6-8-15(11-13)12-20-17(22)18(23)21(19(20)24)14(2)16-9-4-3-5-10-16/h3-11,14H,12H2,1-2H3. The summed E-state index contributed by atoms with van der Waals surface area (Å²) >= 11 is 0. The van der Waals surface area contributed by atoms with Crippen molar-refractivity contribution < 1.29 is 14.4 Å². The Balaban J connectivity index is 1.85. The molecular formula is C19H18N2O3. The molecule has 1 unspecified atom stereocenters. The molecule has 1 saturated heterocycles. The molecule has 0 radical (unpaired) electrons. The van der Waals surface area contributed by atoms with E-state index in [0.717, 1.165) is 26.5 Å². The summed E-state index contributed by atoms with van der Waals surface area (Å²) in [5.74, 6) is -1.55. The van der Waals surface area contributed by atoms with Crippen molar-refractivity contribution >= 4 is 17.8 Å². The van der Waals surface area contributed by atoms with Gasteiger partial charge in [-0.1, -0.05) is 60.2 Å². The molecule has 0 bridgehead atoms. The fourth-order valence-corrected chi connectivity index (χ4v) is 2.88. The average molecular weight is 322 g/mol. The minimum Gasteiger partial charge on any atom is -0.263 e. The maximum atomic E-state index is 12.6. The third kappa shape index (κ3) is 2.80. The highest BCUT2D eigenvalue weighted by molar-refractivity contribution is 6.44. The van der Waals surface area contributed by atoms with Gasteiger partial charge in [-0.05, 0) is 25.0 Å². The average Bonchev–Trinajstić information content (AvgIpc) is 2.79. The molecule has 0 aromatic heterocycles. The number of imide groups is 2. The number of aryl methyl sites for hydroxylation is 1. The van der Waals surface area contributed by atoms with Gasteiger partial charge < -0.3 is 0 Å². The number of amides is 4. The molecule has 1 heterocycles. The van der Waals surface area contributed by atoms with Crippen molar-refractivity contribution in [2.24, 2.45) is 0 Å². The smallest absolute Gasteiger partial charge is 0.263 e. The maximum Gasteiger partial charge on any atom is 0.335 e. The van der Waals surface area contributed by atoms with Crippen molar-refractivity contribution in [3.63, 3.8) is 0 Å². The molecule has 5 heteroatoms. The lowest BCUT2D eigenvalue weighted by Gasteiger charge is -2.22. The summed E-state index contributed by atoms with van der Waals surface area (Å²) in [5, 5.41) is 0. The van der Waals surface area contributed by atoms with Crippen LogP contribution in [0.2, 0.25) is 0 Å². The van der Waals surface area contributed by atoms with Gasteiger partial charge in [0.2, 0.25) is 0 Å². The van der Waals surface area contributed by atoms with Crippen molar-refractivity contribution in [1.82, 2.24) is 9.80 Å². The molecule has 122 valence electrons. The fraction of sp³-hybridized carbons (Fsp3) is 0.211. The van der Waals surface area contributed by atoms with Crippen molar-refractivity contribution in [1.29, 1.82) is 0 Å². The number of hydrogen-bond donors (Lipinski definition) is 0. The van der Waals surface area contributed by atoms with Crippen LogP contribution < -0.4 is 0 Å². The first-order valence-electron chi connectivity index (χ1n) is 7.78. The van der Waals surface area contributed by atoms with Crippen LogP contribution in [0.25, 0.3) is 0 Å². The van der Waals surface area contributed by atoms with Gasteiger partial charge in [-0.25, -0.2) is 9.69 Å². The Kier molecular flexibility index (Phi) is 4.16. The normalized spacial score (nSPS) is 16.0. The van der Waals surface area contributed by atoms with Gasteiger partial charge in [0.15, 0.2) is 0 Å². The first kappa shape index (κ1) is 15.9. The monoisotopic (exact) mass is 322 g/mol. The molecular weight excluding hydrogens is 304 g/mol. The molecule has 1 aliphatic rings. The molecule has 1 aliphatic heterocycles. The molecule has 4 amide bonds. The van der Waals surface area contributed by atoms with Gasteiger partial charge in [0.05, 0.1) is 12.6 Å². The lowest BCUT2D eigenvalue weighted by atomic mass is 10.1. The predicted molar refractivity (Wildman–Crippen MR) is 88.8 cm³/mol. The summed E-state index contributed by atoms with van der Waals surface area (Å²) in [6, 6.07) is 15.7. The van der Waals surface area contributed by atoms with Crippen LogP contribution in [0.1, 0.15) is 29.7 Å². The van der Waals surface area contributed by atoms with E-state index in [9.17, 15) is 14.4 Å². The molecule has 0 aliphatic carbocycles. The summed E-state index contributed by atoms with van der Waals surface area (Å²) in [4.78, 5) is 39.3. The largest absolute Gasteiger partial charge is 0.335 e. The van der Waals surface area contributed by atoms with Crippen LogP contribution >= 0.6 is 0 Å². The van der Waals surface area contributed by atoms with Crippen molar-refractivity contribution in [3.05, 3.63) is 71.3 Å². The van der Waals surface area contributed by atoms with Crippen LogP contribution in [-0.2, 0) is 16.1 Å². The molecule has 0 N–H and O–H groups in total. The summed E-state index contributed by atoms with van der Waals surface area (Å²) in [7, 11) is 0. The highest BCUT2D eigenvalue weighted by Gasteiger charge is 2.46. The Morgan fingerprint density at radius 1 is 0.917 bits per heavy atom. The number of carbonyl (C=O) groups is 3. The molecule has 2 aromatic rings. The molecule has 2 aromatic carbocycles. The van der Waals surface area contributed by atoms with Gasteiger partial charge >= 0.3 is 17.8 Å². The number of hydrogen-bond acceptors (Lipinski definition) is 3. The van der Waals surface area contributed by atoms with Gasteiger partial charge in [0.25, 0.3) is 0 Å². The number of urea groups is 1. The molecule has 0 saturated carbocycles. The zero-order valence-corrected chi connectivity index (χ0v) is 13.6. The minimum absolute atomic E-state index is 0.100. The van der Waals surface area contributed by atoms with Crippen LogP contribution in [0.15, 0.2) is 54.6 Å². The highest BCUT2D eigenvalue weighted by atomic mass is 16.2. The highest BCUT2D eigenvalue weighted by Crippen LogP contribution is 2.27. The molecule has 3 rings (SSSR count). The zero-order chi connectivity index (χ0) is 17.3. The quantitative estimate of drug-likeness (QED) is 0.642. The minimum atomic E-state index is -0.774. The number of carbonyl (C=O) groups excluding carboxylic acids is 3. The van der Waals surface area contributed by atoms with Gasteiger partial charge in [-0.15, -0.1) is 0 Å². The van der Waals surface area contributed by atoms with Gasteiger partial charge in [-0.3, -0.25) is 14.5 Å². The summed E-state index contributed by atoms with van der Waals surface area (Å²) in [6.45, 7) is 3.78. The fourth-order valence-electron chi connectivity index (χ4n) is 2.88. The predicted octanol–water partition coefficient (Wildman–Crippen LogP) is 3.05. The van der Waals surface area contributed by atoms with Crippen LogP contribution in [0.3, 0.4) is 0 Å².